The highest BCUT2D eigenvalue weighted by atomic mass is 16.1. The zero-order valence-electron chi connectivity index (χ0n) is 11.4. The third-order valence-corrected chi connectivity index (χ3v) is 4.13. The van der Waals surface area contributed by atoms with Gasteiger partial charge in [0.05, 0.1) is 0 Å². The SMILES string of the molecule is C=C(C)C(C)c1ccc(CC2CCCC2=O)cc1. The Bertz CT molecular complexity index is 441. The topological polar surface area (TPSA) is 17.1 Å². The van der Waals surface area contributed by atoms with Gasteiger partial charge in [0.25, 0.3) is 0 Å². The van der Waals surface area contributed by atoms with Crippen LogP contribution in [-0.2, 0) is 11.2 Å². The average Bonchev–Trinajstić information content (AvgIpc) is 2.75. The maximum absolute atomic E-state index is 11.6. The Morgan fingerprint density at radius 1 is 1.39 bits per heavy atom. The van der Waals surface area contributed by atoms with Crippen molar-refractivity contribution in [3.8, 4) is 0 Å². The van der Waals surface area contributed by atoms with E-state index in [1.807, 2.05) is 0 Å². The number of benzene rings is 1. The molecule has 1 fully saturated rings. The van der Waals surface area contributed by atoms with Crippen molar-refractivity contribution < 1.29 is 4.79 Å². The smallest absolute Gasteiger partial charge is 0.136 e. The largest absolute Gasteiger partial charge is 0.299 e. The molecule has 0 aromatic heterocycles. The molecule has 1 saturated carbocycles. The van der Waals surface area contributed by atoms with Crippen LogP contribution in [0.1, 0.15) is 50.2 Å². The molecule has 2 rings (SSSR count). The summed E-state index contributed by atoms with van der Waals surface area (Å²) < 4.78 is 0. The van der Waals surface area contributed by atoms with Crippen LogP contribution in [0.4, 0.5) is 0 Å². The molecule has 0 aliphatic heterocycles. The first-order chi connectivity index (χ1) is 8.58. The Hall–Kier alpha value is -1.37. The van der Waals surface area contributed by atoms with E-state index in [-0.39, 0.29) is 5.92 Å². The molecule has 1 aliphatic rings. The highest BCUT2D eigenvalue weighted by molar-refractivity contribution is 5.83. The van der Waals surface area contributed by atoms with Gasteiger partial charge in [0.2, 0.25) is 0 Å². The zero-order valence-corrected chi connectivity index (χ0v) is 11.4. The van der Waals surface area contributed by atoms with Gasteiger partial charge in [-0.3, -0.25) is 4.79 Å². The van der Waals surface area contributed by atoms with Crippen molar-refractivity contribution in [2.45, 2.75) is 45.4 Å². The van der Waals surface area contributed by atoms with Gasteiger partial charge in [-0.05, 0) is 37.3 Å². The lowest BCUT2D eigenvalue weighted by atomic mass is 9.92. The normalized spacial score (nSPS) is 21.0. The Morgan fingerprint density at radius 2 is 2.06 bits per heavy atom. The molecule has 0 N–H and O–H groups in total. The molecule has 2 atom stereocenters. The predicted molar refractivity (Wildman–Crippen MR) is 75.7 cm³/mol. The molecule has 1 heteroatoms. The van der Waals surface area contributed by atoms with Crippen LogP contribution in [0, 0.1) is 5.92 Å². The number of rotatable bonds is 4. The lowest BCUT2D eigenvalue weighted by molar-refractivity contribution is -0.120. The molecule has 18 heavy (non-hydrogen) atoms. The summed E-state index contributed by atoms with van der Waals surface area (Å²) >= 11 is 0. The number of hydrogen-bond donors (Lipinski definition) is 0. The molecule has 96 valence electrons. The summed E-state index contributed by atoms with van der Waals surface area (Å²) in [6.45, 7) is 8.25. The van der Waals surface area contributed by atoms with E-state index in [1.165, 1.54) is 16.7 Å². The Kier molecular flexibility index (Phi) is 4.00. The summed E-state index contributed by atoms with van der Waals surface area (Å²) in [5.41, 5.74) is 3.78. The molecule has 0 heterocycles. The van der Waals surface area contributed by atoms with Gasteiger partial charge in [0, 0.05) is 18.3 Å². The first-order valence-electron chi connectivity index (χ1n) is 6.85. The fourth-order valence-electron chi connectivity index (χ4n) is 2.62. The minimum absolute atomic E-state index is 0.273. The van der Waals surface area contributed by atoms with Crippen molar-refractivity contribution in [1.82, 2.24) is 0 Å². The summed E-state index contributed by atoms with van der Waals surface area (Å²) in [6.07, 6.45) is 3.85. The van der Waals surface area contributed by atoms with Gasteiger partial charge >= 0.3 is 0 Å². The molecule has 1 aliphatic carbocycles. The van der Waals surface area contributed by atoms with Gasteiger partial charge in [-0.25, -0.2) is 0 Å². The van der Waals surface area contributed by atoms with Crippen LogP contribution >= 0.6 is 0 Å². The molecule has 2 unspecified atom stereocenters. The lowest BCUT2D eigenvalue weighted by Crippen LogP contribution is -2.09. The van der Waals surface area contributed by atoms with Gasteiger partial charge in [0.1, 0.15) is 5.78 Å². The van der Waals surface area contributed by atoms with Crippen LogP contribution in [0.5, 0.6) is 0 Å². The van der Waals surface area contributed by atoms with Gasteiger partial charge in [-0.15, -0.1) is 0 Å². The number of hydrogen-bond acceptors (Lipinski definition) is 1. The van der Waals surface area contributed by atoms with E-state index in [2.05, 4.69) is 44.7 Å². The molecule has 1 aromatic carbocycles. The molecule has 1 nitrogen and oxygen atoms in total. The van der Waals surface area contributed by atoms with Crippen molar-refractivity contribution in [2.75, 3.05) is 0 Å². The molecular formula is C17H22O. The minimum atomic E-state index is 0.273. The van der Waals surface area contributed by atoms with E-state index in [1.54, 1.807) is 0 Å². The molecular weight excluding hydrogens is 220 g/mol. The quantitative estimate of drug-likeness (QED) is 0.720. The van der Waals surface area contributed by atoms with Crippen molar-refractivity contribution in [2.24, 2.45) is 5.92 Å². The summed E-state index contributed by atoms with van der Waals surface area (Å²) in [5.74, 6) is 1.14. The second-order valence-electron chi connectivity index (χ2n) is 5.57. The Morgan fingerprint density at radius 3 is 2.56 bits per heavy atom. The lowest BCUT2D eigenvalue weighted by Gasteiger charge is -2.13. The number of allylic oxidation sites excluding steroid dienone is 1. The van der Waals surface area contributed by atoms with Crippen LogP contribution in [0.3, 0.4) is 0 Å². The third-order valence-electron chi connectivity index (χ3n) is 4.13. The molecule has 0 amide bonds. The van der Waals surface area contributed by atoms with Gasteiger partial charge in [-0.2, -0.15) is 0 Å². The molecule has 0 spiro atoms. The van der Waals surface area contributed by atoms with E-state index in [0.717, 1.165) is 25.7 Å². The van der Waals surface area contributed by atoms with Crippen molar-refractivity contribution in [3.63, 3.8) is 0 Å². The van der Waals surface area contributed by atoms with Crippen LogP contribution in [0.15, 0.2) is 36.4 Å². The van der Waals surface area contributed by atoms with Crippen LogP contribution in [-0.4, -0.2) is 5.78 Å². The van der Waals surface area contributed by atoms with E-state index >= 15 is 0 Å². The summed E-state index contributed by atoms with van der Waals surface area (Å²) in [7, 11) is 0. The van der Waals surface area contributed by atoms with E-state index < -0.39 is 0 Å². The van der Waals surface area contributed by atoms with Gasteiger partial charge in [-0.1, -0.05) is 43.3 Å². The molecule has 0 bridgehead atoms. The number of carbonyl (C=O) groups is 1. The maximum Gasteiger partial charge on any atom is 0.136 e. The third kappa shape index (κ3) is 2.90. The van der Waals surface area contributed by atoms with Crippen LogP contribution in [0.2, 0.25) is 0 Å². The van der Waals surface area contributed by atoms with Gasteiger partial charge < -0.3 is 0 Å². The highest BCUT2D eigenvalue weighted by Gasteiger charge is 2.24. The monoisotopic (exact) mass is 242 g/mol. The maximum atomic E-state index is 11.6. The molecule has 0 saturated heterocycles. The zero-order chi connectivity index (χ0) is 13.1. The van der Waals surface area contributed by atoms with Crippen molar-refractivity contribution in [1.29, 1.82) is 0 Å². The van der Waals surface area contributed by atoms with Gasteiger partial charge in [0.15, 0.2) is 0 Å². The van der Waals surface area contributed by atoms with Crippen molar-refractivity contribution in [3.05, 3.63) is 47.5 Å². The number of ketones is 1. The molecule has 1 aromatic rings. The fourth-order valence-corrected chi connectivity index (χ4v) is 2.62. The number of Topliss-reactive ketones (excluding diaryl/α,β-unsaturated/α-hetero) is 1. The fraction of sp³-hybridized carbons (Fsp3) is 0.471. The predicted octanol–water partition coefficient (Wildman–Crippen LogP) is 4.28. The van der Waals surface area contributed by atoms with Crippen LogP contribution in [0.25, 0.3) is 0 Å². The van der Waals surface area contributed by atoms with Crippen LogP contribution < -0.4 is 0 Å². The summed E-state index contributed by atoms with van der Waals surface area (Å²) in [6, 6.07) is 8.68. The first-order valence-corrected chi connectivity index (χ1v) is 6.85. The van der Waals surface area contributed by atoms with E-state index in [9.17, 15) is 4.79 Å². The Labute approximate surface area is 110 Å². The molecule has 0 radical (unpaired) electrons. The second kappa shape index (κ2) is 5.51. The first kappa shape index (κ1) is 13.1. The number of carbonyl (C=O) groups excluding carboxylic acids is 1. The Balaban J connectivity index is 2.03. The minimum Gasteiger partial charge on any atom is -0.299 e. The second-order valence-corrected chi connectivity index (χ2v) is 5.57. The van der Waals surface area contributed by atoms with Crippen molar-refractivity contribution >= 4 is 5.78 Å². The van der Waals surface area contributed by atoms with E-state index in [0.29, 0.717) is 11.7 Å². The average molecular weight is 242 g/mol. The summed E-state index contributed by atoms with van der Waals surface area (Å²) in [5, 5.41) is 0. The highest BCUT2D eigenvalue weighted by Crippen LogP contribution is 2.27. The summed E-state index contributed by atoms with van der Waals surface area (Å²) in [4.78, 5) is 11.6. The van der Waals surface area contributed by atoms with E-state index in [4.69, 9.17) is 0 Å². The standard InChI is InChI=1S/C17H22O/c1-12(2)13(3)15-9-7-14(8-10-15)11-16-5-4-6-17(16)18/h7-10,13,16H,1,4-6,11H2,2-3H3.